The lowest BCUT2D eigenvalue weighted by Crippen LogP contribution is -2.36. The lowest BCUT2D eigenvalue weighted by atomic mass is 10.2. The number of ether oxygens (including phenoxy) is 1. The zero-order valence-electron chi connectivity index (χ0n) is 10.8. The van der Waals surface area contributed by atoms with Crippen LogP contribution in [0.2, 0.25) is 0 Å². The van der Waals surface area contributed by atoms with Gasteiger partial charge in [0.05, 0.1) is 0 Å². The average molecular weight is 343 g/mol. The summed E-state index contributed by atoms with van der Waals surface area (Å²) in [5.74, 6) is 1.12. The highest BCUT2D eigenvalue weighted by Crippen LogP contribution is 1.93. The number of hydrogen-bond acceptors (Lipinski definition) is 2. The molecule has 0 spiro atoms. The summed E-state index contributed by atoms with van der Waals surface area (Å²) in [4.78, 5) is 4.18. The van der Waals surface area contributed by atoms with Gasteiger partial charge in [0.1, 0.15) is 0 Å². The third-order valence-corrected chi connectivity index (χ3v) is 1.62. The van der Waals surface area contributed by atoms with E-state index in [-0.39, 0.29) is 24.0 Å². The zero-order chi connectivity index (χ0) is 11.7. The number of nitrogens with zero attached hydrogens (tertiary/aromatic N) is 1. The van der Waals surface area contributed by atoms with Crippen molar-refractivity contribution in [1.82, 2.24) is 5.32 Å². The largest absolute Gasteiger partial charge is 0.381 e. The van der Waals surface area contributed by atoms with E-state index < -0.39 is 0 Å². The van der Waals surface area contributed by atoms with Crippen molar-refractivity contribution >= 4 is 29.9 Å². The standard InChI is InChI=1S/C11H25N3O.HI/c1-9(2)8-15-7-5-6-13-11(12)14-10(3)4;/h9-10H,5-8H2,1-4H3,(H3,12,13,14);1H. The van der Waals surface area contributed by atoms with Crippen LogP contribution >= 0.6 is 24.0 Å². The molecule has 0 bridgehead atoms. The summed E-state index contributed by atoms with van der Waals surface area (Å²) in [6.07, 6.45) is 0.924. The van der Waals surface area contributed by atoms with Crippen LogP contribution in [0.5, 0.6) is 0 Å². The molecule has 0 amide bonds. The second-order valence-electron chi connectivity index (χ2n) is 4.39. The highest BCUT2D eigenvalue weighted by Gasteiger charge is 1.95. The van der Waals surface area contributed by atoms with Gasteiger partial charge in [0, 0.05) is 25.8 Å². The molecular formula is C11H26IN3O. The second-order valence-corrected chi connectivity index (χ2v) is 4.39. The molecule has 0 aliphatic heterocycles. The van der Waals surface area contributed by atoms with Crippen molar-refractivity contribution in [3.05, 3.63) is 0 Å². The summed E-state index contributed by atoms with van der Waals surface area (Å²) < 4.78 is 5.43. The van der Waals surface area contributed by atoms with Crippen molar-refractivity contribution in [1.29, 1.82) is 0 Å². The molecule has 0 unspecified atom stereocenters. The maximum atomic E-state index is 5.64. The molecule has 0 saturated carbocycles. The number of halogens is 1. The predicted octanol–water partition coefficient (Wildman–Crippen LogP) is 1.98. The van der Waals surface area contributed by atoms with Gasteiger partial charge in [0.25, 0.3) is 0 Å². The van der Waals surface area contributed by atoms with Gasteiger partial charge in [-0.05, 0) is 26.2 Å². The van der Waals surface area contributed by atoms with Gasteiger partial charge in [-0.3, -0.25) is 4.99 Å². The molecule has 0 heterocycles. The molecule has 16 heavy (non-hydrogen) atoms. The molecule has 4 nitrogen and oxygen atoms in total. The molecule has 0 aromatic carbocycles. The second kappa shape index (κ2) is 11.4. The molecule has 0 aliphatic rings. The molecule has 0 fully saturated rings. The molecule has 0 aromatic heterocycles. The Labute approximate surface area is 116 Å². The van der Waals surface area contributed by atoms with Crippen LogP contribution in [0.3, 0.4) is 0 Å². The first kappa shape index (κ1) is 18.3. The van der Waals surface area contributed by atoms with Gasteiger partial charge in [-0.1, -0.05) is 13.8 Å². The van der Waals surface area contributed by atoms with Gasteiger partial charge in [-0.25, -0.2) is 0 Å². The van der Waals surface area contributed by atoms with Gasteiger partial charge < -0.3 is 15.8 Å². The number of aliphatic imine (C=N–C) groups is 1. The first-order chi connectivity index (χ1) is 7.02. The highest BCUT2D eigenvalue weighted by molar-refractivity contribution is 14.0. The minimum Gasteiger partial charge on any atom is -0.381 e. The molecule has 0 aliphatic carbocycles. The van der Waals surface area contributed by atoms with E-state index in [1.807, 2.05) is 13.8 Å². The smallest absolute Gasteiger partial charge is 0.188 e. The van der Waals surface area contributed by atoms with E-state index in [1.54, 1.807) is 0 Å². The van der Waals surface area contributed by atoms with Crippen LogP contribution in [-0.2, 0) is 4.74 Å². The van der Waals surface area contributed by atoms with Gasteiger partial charge in [-0.2, -0.15) is 0 Å². The fraction of sp³-hybridized carbons (Fsp3) is 0.909. The fourth-order valence-electron chi connectivity index (χ4n) is 1.03. The normalized spacial score (nSPS) is 11.8. The minimum atomic E-state index is 0. The molecule has 0 aromatic rings. The summed E-state index contributed by atoms with van der Waals surface area (Å²) in [7, 11) is 0. The fourth-order valence-corrected chi connectivity index (χ4v) is 1.03. The first-order valence-electron chi connectivity index (χ1n) is 5.66. The quantitative estimate of drug-likeness (QED) is 0.322. The minimum absolute atomic E-state index is 0. The molecule has 0 radical (unpaired) electrons. The predicted molar refractivity (Wildman–Crippen MR) is 80.5 cm³/mol. The number of nitrogens with one attached hydrogen (secondary N) is 1. The topological polar surface area (TPSA) is 59.6 Å². The van der Waals surface area contributed by atoms with E-state index in [0.29, 0.717) is 17.9 Å². The van der Waals surface area contributed by atoms with Crippen LogP contribution in [0.15, 0.2) is 4.99 Å². The molecule has 0 rings (SSSR count). The summed E-state index contributed by atoms with van der Waals surface area (Å²) in [5.41, 5.74) is 5.64. The Morgan fingerprint density at radius 1 is 1.31 bits per heavy atom. The highest BCUT2D eigenvalue weighted by atomic mass is 127. The maximum absolute atomic E-state index is 5.64. The summed E-state index contributed by atoms with van der Waals surface area (Å²) in [6.45, 7) is 10.7. The van der Waals surface area contributed by atoms with Crippen LogP contribution in [0.25, 0.3) is 0 Å². The van der Waals surface area contributed by atoms with E-state index in [1.165, 1.54) is 0 Å². The van der Waals surface area contributed by atoms with Crippen molar-refractivity contribution in [2.75, 3.05) is 19.8 Å². The van der Waals surface area contributed by atoms with Crippen LogP contribution in [0, 0.1) is 5.92 Å². The molecule has 0 saturated heterocycles. The summed E-state index contributed by atoms with van der Waals surface area (Å²) >= 11 is 0. The van der Waals surface area contributed by atoms with Crippen LogP contribution in [0.4, 0.5) is 0 Å². The van der Waals surface area contributed by atoms with Gasteiger partial charge in [-0.15, -0.1) is 24.0 Å². The monoisotopic (exact) mass is 343 g/mol. The Bertz CT molecular complexity index is 184. The molecular weight excluding hydrogens is 317 g/mol. The Hall–Kier alpha value is -0.0400. The number of rotatable bonds is 7. The van der Waals surface area contributed by atoms with Crippen LogP contribution in [-0.4, -0.2) is 31.8 Å². The SMILES string of the molecule is CC(C)COCCCN=C(N)NC(C)C.I. The number of nitrogens with two attached hydrogens (primary N) is 1. The van der Waals surface area contributed by atoms with Crippen molar-refractivity contribution in [2.24, 2.45) is 16.6 Å². The van der Waals surface area contributed by atoms with Crippen LogP contribution < -0.4 is 11.1 Å². The molecule has 3 N–H and O–H groups in total. The Balaban J connectivity index is 0. The van der Waals surface area contributed by atoms with E-state index in [4.69, 9.17) is 10.5 Å². The Kier molecular flexibility index (Phi) is 13.1. The molecule has 0 atom stereocenters. The van der Waals surface area contributed by atoms with Crippen molar-refractivity contribution < 1.29 is 4.74 Å². The zero-order valence-corrected chi connectivity index (χ0v) is 13.2. The van der Waals surface area contributed by atoms with Crippen LogP contribution in [0.1, 0.15) is 34.1 Å². The van der Waals surface area contributed by atoms with Gasteiger partial charge >= 0.3 is 0 Å². The van der Waals surface area contributed by atoms with E-state index >= 15 is 0 Å². The third-order valence-electron chi connectivity index (χ3n) is 1.62. The van der Waals surface area contributed by atoms with Crippen molar-refractivity contribution in [3.63, 3.8) is 0 Å². The Morgan fingerprint density at radius 2 is 1.94 bits per heavy atom. The number of hydrogen-bond donors (Lipinski definition) is 2. The van der Waals surface area contributed by atoms with E-state index in [9.17, 15) is 0 Å². The van der Waals surface area contributed by atoms with Gasteiger partial charge in [0.2, 0.25) is 0 Å². The summed E-state index contributed by atoms with van der Waals surface area (Å²) in [6, 6.07) is 0.339. The lowest BCUT2D eigenvalue weighted by Gasteiger charge is -2.08. The van der Waals surface area contributed by atoms with E-state index in [2.05, 4.69) is 24.2 Å². The Morgan fingerprint density at radius 3 is 2.44 bits per heavy atom. The number of guanidine groups is 1. The molecule has 5 heteroatoms. The average Bonchev–Trinajstić information content (AvgIpc) is 2.09. The molecule has 98 valence electrons. The van der Waals surface area contributed by atoms with E-state index in [0.717, 1.165) is 26.2 Å². The lowest BCUT2D eigenvalue weighted by molar-refractivity contribution is 0.109. The third kappa shape index (κ3) is 14.0. The van der Waals surface area contributed by atoms with Crippen molar-refractivity contribution in [3.8, 4) is 0 Å². The summed E-state index contributed by atoms with van der Waals surface area (Å²) in [5, 5.41) is 3.04. The van der Waals surface area contributed by atoms with Gasteiger partial charge in [0.15, 0.2) is 5.96 Å². The van der Waals surface area contributed by atoms with Crippen molar-refractivity contribution in [2.45, 2.75) is 40.2 Å². The first-order valence-corrected chi connectivity index (χ1v) is 5.66. The maximum Gasteiger partial charge on any atom is 0.188 e.